The van der Waals surface area contributed by atoms with Gasteiger partial charge >= 0.3 is 5.97 Å². The van der Waals surface area contributed by atoms with Crippen LogP contribution < -0.4 is 5.32 Å². The Balaban J connectivity index is 2.32. The van der Waals surface area contributed by atoms with Gasteiger partial charge in [0.2, 0.25) is 0 Å². The summed E-state index contributed by atoms with van der Waals surface area (Å²) in [5.41, 5.74) is 0.680. The van der Waals surface area contributed by atoms with Gasteiger partial charge in [-0.3, -0.25) is 4.79 Å². The van der Waals surface area contributed by atoms with Crippen LogP contribution in [0.15, 0.2) is 42.2 Å². The molecule has 0 aliphatic rings. The van der Waals surface area contributed by atoms with Gasteiger partial charge in [0.15, 0.2) is 5.78 Å². The Bertz CT molecular complexity index is 482. The molecule has 0 saturated carbocycles. The highest BCUT2D eigenvalue weighted by Gasteiger charge is 2.06. The first-order valence-electron chi connectivity index (χ1n) is 6.87. The molecule has 0 aromatic heterocycles. The molecule has 0 aliphatic carbocycles. The molecule has 5 nitrogen and oxygen atoms in total. The Morgan fingerprint density at radius 2 is 1.95 bits per heavy atom. The molecule has 0 bridgehead atoms. The average molecular weight is 291 g/mol. The minimum Gasteiger partial charge on any atom is -0.501 e. The second-order valence-corrected chi connectivity index (χ2v) is 4.28. The molecular formula is C16H21NO4. The Hall–Kier alpha value is -2.14. The fraction of sp³-hybridized carbons (Fsp3) is 0.375. The fourth-order valence-corrected chi connectivity index (χ4v) is 1.69. The predicted octanol–water partition coefficient (Wildman–Crippen LogP) is 1.94. The predicted molar refractivity (Wildman–Crippen MR) is 80.0 cm³/mol. The molecule has 0 saturated heterocycles. The summed E-state index contributed by atoms with van der Waals surface area (Å²) in [5.74, 6) is 0.131. The van der Waals surface area contributed by atoms with Gasteiger partial charge in [-0.15, -0.1) is 0 Å². The molecule has 5 heteroatoms. The van der Waals surface area contributed by atoms with Crippen LogP contribution in [0.1, 0.15) is 23.7 Å². The number of Topliss-reactive ketones (excluding diaryl/α,β-unsaturated/α-hetero) is 1. The van der Waals surface area contributed by atoms with Crippen molar-refractivity contribution >= 4 is 11.8 Å². The first-order valence-corrected chi connectivity index (χ1v) is 6.87. The normalized spacial score (nSPS) is 11.0. The highest BCUT2D eigenvalue weighted by atomic mass is 16.5. The Kier molecular flexibility index (Phi) is 7.82. The standard InChI is InChI=1S/C16H21NO4/c1-3-21-16(19)11-14(20-2)9-10-17-12-15(18)13-7-5-4-6-8-13/h4-8,11,17H,3,9-10,12H2,1-2H3/b14-11+. The summed E-state index contributed by atoms with van der Waals surface area (Å²) in [5, 5.41) is 3.03. The Labute approximate surface area is 124 Å². The lowest BCUT2D eigenvalue weighted by Gasteiger charge is -2.07. The number of hydrogen-bond acceptors (Lipinski definition) is 5. The monoisotopic (exact) mass is 291 g/mol. The summed E-state index contributed by atoms with van der Waals surface area (Å²) in [6, 6.07) is 9.10. The van der Waals surface area contributed by atoms with E-state index in [2.05, 4.69) is 5.32 Å². The summed E-state index contributed by atoms with van der Waals surface area (Å²) in [6.45, 7) is 2.86. The maximum absolute atomic E-state index is 11.8. The zero-order chi connectivity index (χ0) is 15.5. The van der Waals surface area contributed by atoms with E-state index in [1.165, 1.54) is 13.2 Å². The van der Waals surface area contributed by atoms with Crippen molar-refractivity contribution in [2.24, 2.45) is 0 Å². The zero-order valence-corrected chi connectivity index (χ0v) is 12.4. The van der Waals surface area contributed by atoms with Crippen molar-refractivity contribution in [2.45, 2.75) is 13.3 Å². The number of esters is 1. The average Bonchev–Trinajstić information content (AvgIpc) is 2.51. The molecule has 1 N–H and O–H groups in total. The van der Waals surface area contributed by atoms with Gasteiger partial charge in [-0.25, -0.2) is 4.79 Å². The summed E-state index contributed by atoms with van der Waals surface area (Å²) < 4.78 is 9.90. The van der Waals surface area contributed by atoms with Crippen LogP contribution in [-0.2, 0) is 14.3 Å². The summed E-state index contributed by atoms with van der Waals surface area (Å²) >= 11 is 0. The molecule has 21 heavy (non-hydrogen) atoms. The Morgan fingerprint density at radius 3 is 2.57 bits per heavy atom. The van der Waals surface area contributed by atoms with Crippen molar-refractivity contribution < 1.29 is 19.1 Å². The molecule has 0 radical (unpaired) electrons. The van der Waals surface area contributed by atoms with Crippen LogP contribution >= 0.6 is 0 Å². The van der Waals surface area contributed by atoms with Crippen molar-refractivity contribution in [3.8, 4) is 0 Å². The number of benzene rings is 1. The smallest absolute Gasteiger partial charge is 0.334 e. The van der Waals surface area contributed by atoms with Gasteiger partial charge in [0.05, 0.1) is 26.3 Å². The molecule has 0 spiro atoms. The van der Waals surface area contributed by atoms with Gasteiger partial charge in [-0.2, -0.15) is 0 Å². The Morgan fingerprint density at radius 1 is 1.24 bits per heavy atom. The van der Waals surface area contributed by atoms with E-state index in [1.54, 1.807) is 19.1 Å². The highest BCUT2D eigenvalue weighted by molar-refractivity contribution is 5.97. The van der Waals surface area contributed by atoms with Crippen molar-refractivity contribution in [3.63, 3.8) is 0 Å². The number of ether oxygens (including phenoxy) is 2. The molecule has 1 aromatic carbocycles. The summed E-state index contributed by atoms with van der Waals surface area (Å²) in [4.78, 5) is 23.1. The van der Waals surface area contributed by atoms with Crippen molar-refractivity contribution in [2.75, 3.05) is 26.8 Å². The molecule has 0 unspecified atom stereocenters. The van der Waals surface area contributed by atoms with Crippen LogP contribution in [0.4, 0.5) is 0 Å². The van der Waals surface area contributed by atoms with E-state index < -0.39 is 5.97 Å². The van der Waals surface area contributed by atoms with Gasteiger partial charge < -0.3 is 14.8 Å². The molecule has 1 rings (SSSR count). The van der Waals surface area contributed by atoms with Crippen LogP contribution in [0.5, 0.6) is 0 Å². The van der Waals surface area contributed by atoms with E-state index in [4.69, 9.17) is 9.47 Å². The lowest BCUT2D eigenvalue weighted by Crippen LogP contribution is -2.24. The van der Waals surface area contributed by atoms with Crippen molar-refractivity contribution in [1.29, 1.82) is 0 Å². The molecule has 0 fully saturated rings. The molecule has 0 amide bonds. The van der Waals surface area contributed by atoms with Crippen LogP contribution in [0.25, 0.3) is 0 Å². The maximum atomic E-state index is 11.8. The first-order chi connectivity index (χ1) is 10.2. The van der Waals surface area contributed by atoms with E-state index in [0.29, 0.717) is 30.9 Å². The quantitative estimate of drug-likeness (QED) is 0.248. The molecule has 1 aromatic rings. The number of methoxy groups -OCH3 is 1. The zero-order valence-electron chi connectivity index (χ0n) is 12.4. The van der Waals surface area contributed by atoms with Crippen LogP contribution in [0.3, 0.4) is 0 Å². The number of ketones is 1. The van der Waals surface area contributed by atoms with Gasteiger partial charge in [0.25, 0.3) is 0 Å². The number of hydrogen-bond donors (Lipinski definition) is 1. The van der Waals surface area contributed by atoms with Crippen molar-refractivity contribution in [3.05, 3.63) is 47.7 Å². The van der Waals surface area contributed by atoms with Gasteiger partial charge in [-0.1, -0.05) is 30.3 Å². The highest BCUT2D eigenvalue weighted by Crippen LogP contribution is 2.02. The van der Waals surface area contributed by atoms with E-state index in [9.17, 15) is 9.59 Å². The fourth-order valence-electron chi connectivity index (χ4n) is 1.69. The van der Waals surface area contributed by atoms with Gasteiger partial charge in [-0.05, 0) is 6.92 Å². The number of carbonyl (C=O) groups excluding carboxylic acids is 2. The number of nitrogens with one attached hydrogen (secondary N) is 1. The lowest BCUT2D eigenvalue weighted by molar-refractivity contribution is -0.137. The van der Waals surface area contributed by atoms with Crippen LogP contribution in [-0.4, -0.2) is 38.6 Å². The minimum atomic E-state index is -0.422. The third-order valence-electron chi connectivity index (χ3n) is 2.76. The second-order valence-electron chi connectivity index (χ2n) is 4.28. The van der Waals surface area contributed by atoms with E-state index in [-0.39, 0.29) is 12.3 Å². The first kappa shape index (κ1) is 16.9. The summed E-state index contributed by atoms with van der Waals surface area (Å²) in [7, 11) is 1.50. The number of rotatable bonds is 9. The third kappa shape index (κ3) is 6.72. The molecule has 0 heterocycles. The topological polar surface area (TPSA) is 64.6 Å². The SMILES string of the molecule is CCOC(=O)/C=C(\CCNCC(=O)c1ccccc1)OC. The largest absolute Gasteiger partial charge is 0.501 e. The second kappa shape index (κ2) is 9.72. The maximum Gasteiger partial charge on any atom is 0.334 e. The minimum absolute atomic E-state index is 0.0314. The van der Waals surface area contributed by atoms with Crippen LogP contribution in [0.2, 0.25) is 0 Å². The molecular weight excluding hydrogens is 270 g/mol. The van der Waals surface area contributed by atoms with Gasteiger partial charge in [0.1, 0.15) is 5.76 Å². The van der Waals surface area contributed by atoms with E-state index in [0.717, 1.165) is 0 Å². The molecule has 114 valence electrons. The number of carbonyl (C=O) groups is 2. The third-order valence-corrected chi connectivity index (χ3v) is 2.76. The van der Waals surface area contributed by atoms with Crippen molar-refractivity contribution in [1.82, 2.24) is 5.32 Å². The molecule has 0 atom stereocenters. The van der Waals surface area contributed by atoms with Crippen LogP contribution in [0, 0.1) is 0 Å². The molecule has 0 aliphatic heterocycles. The van der Waals surface area contributed by atoms with E-state index in [1.807, 2.05) is 18.2 Å². The lowest BCUT2D eigenvalue weighted by atomic mass is 10.1. The van der Waals surface area contributed by atoms with Gasteiger partial charge in [0, 0.05) is 18.5 Å². The van der Waals surface area contributed by atoms with E-state index >= 15 is 0 Å². The summed E-state index contributed by atoms with van der Waals surface area (Å²) in [6.07, 6.45) is 1.83.